The Hall–Kier alpha value is -0.670. The first-order valence-electron chi connectivity index (χ1n) is 3.98. The van der Waals surface area contributed by atoms with Crippen LogP contribution in [-0.2, 0) is 0 Å². The summed E-state index contributed by atoms with van der Waals surface area (Å²) < 4.78 is 13.6. The van der Waals surface area contributed by atoms with Crippen molar-refractivity contribution in [3.05, 3.63) is 39.6 Å². The van der Waals surface area contributed by atoms with Gasteiger partial charge in [-0.2, -0.15) is 0 Å². The number of hydrogen-bond acceptors (Lipinski definition) is 1. The van der Waals surface area contributed by atoms with Crippen LogP contribution >= 0.6 is 15.9 Å². The van der Waals surface area contributed by atoms with Crippen molar-refractivity contribution in [1.29, 1.82) is 0 Å². The standard InChI is InChI=1S/C10H11BrFN/c1-7-4-5-9(12)10(11)8(7)3-2-6-13/h2-5H,6,13H2,1H3/b3-2+. The molecule has 3 heteroatoms. The predicted molar refractivity (Wildman–Crippen MR) is 56.9 cm³/mol. The Bertz CT molecular complexity index is 334. The third-order valence-corrected chi connectivity index (χ3v) is 2.58. The Morgan fingerprint density at radius 3 is 2.85 bits per heavy atom. The van der Waals surface area contributed by atoms with Gasteiger partial charge >= 0.3 is 0 Å². The topological polar surface area (TPSA) is 26.0 Å². The highest BCUT2D eigenvalue weighted by atomic mass is 79.9. The first-order chi connectivity index (χ1) is 6.16. The van der Waals surface area contributed by atoms with E-state index in [1.54, 1.807) is 12.1 Å². The van der Waals surface area contributed by atoms with Crippen molar-refractivity contribution in [2.75, 3.05) is 6.54 Å². The van der Waals surface area contributed by atoms with Gasteiger partial charge in [0.2, 0.25) is 0 Å². The molecule has 1 nitrogen and oxygen atoms in total. The second kappa shape index (κ2) is 4.53. The Balaban J connectivity index is 3.17. The molecule has 0 saturated heterocycles. The zero-order valence-electron chi connectivity index (χ0n) is 7.35. The van der Waals surface area contributed by atoms with E-state index in [0.717, 1.165) is 11.1 Å². The van der Waals surface area contributed by atoms with Crippen LogP contribution in [0.4, 0.5) is 4.39 Å². The molecule has 0 fully saturated rings. The average molecular weight is 244 g/mol. The Morgan fingerprint density at radius 2 is 2.23 bits per heavy atom. The largest absolute Gasteiger partial charge is 0.327 e. The molecule has 1 rings (SSSR count). The van der Waals surface area contributed by atoms with E-state index in [2.05, 4.69) is 15.9 Å². The lowest BCUT2D eigenvalue weighted by Gasteiger charge is -2.04. The quantitative estimate of drug-likeness (QED) is 0.850. The smallest absolute Gasteiger partial charge is 0.138 e. The highest BCUT2D eigenvalue weighted by Crippen LogP contribution is 2.24. The van der Waals surface area contributed by atoms with Gasteiger partial charge in [0, 0.05) is 6.54 Å². The summed E-state index contributed by atoms with van der Waals surface area (Å²) in [7, 11) is 0. The molecule has 0 atom stereocenters. The summed E-state index contributed by atoms with van der Waals surface area (Å²) in [6.07, 6.45) is 3.62. The number of benzene rings is 1. The number of halogens is 2. The van der Waals surface area contributed by atoms with Crippen LogP contribution < -0.4 is 5.73 Å². The zero-order chi connectivity index (χ0) is 9.84. The molecule has 1 aromatic carbocycles. The monoisotopic (exact) mass is 243 g/mol. The van der Waals surface area contributed by atoms with Crippen LogP contribution in [0, 0.1) is 12.7 Å². The molecule has 0 unspecified atom stereocenters. The van der Waals surface area contributed by atoms with E-state index in [1.807, 2.05) is 13.0 Å². The molecule has 0 aliphatic carbocycles. The van der Waals surface area contributed by atoms with Crippen molar-refractivity contribution >= 4 is 22.0 Å². The van der Waals surface area contributed by atoms with Crippen molar-refractivity contribution in [1.82, 2.24) is 0 Å². The first kappa shape index (κ1) is 10.4. The lowest BCUT2D eigenvalue weighted by Crippen LogP contribution is -1.93. The number of hydrogen-bond donors (Lipinski definition) is 1. The fourth-order valence-corrected chi connectivity index (χ4v) is 1.63. The van der Waals surface area contributed by atoms with Crippen LogP contribution in [0.5, 0.6) is 0 Å². The van der Waals surface area contributed by atoms with Gasteiger partial charge in [-0.3, -0.25) is 0 Å². The molecule has 13 heavy (non-hydrogen) atoms. The van der Waals surface area contributed by atoms with Crippen molar-refractivity contribution in [3.8, 4) is 0 Å². The van der Waals surface area contributed by atoms with Crippen LogP contribution in [0.3, 0.4) is 0 Å². The molecule has 1 aromatic rings. The number of nitrogens with two attached hydrogens (primary N) is 1. The van der Waals surface area contributed by atoms with E-state index in [1.165, 1.54) is 6.07 Å². The second-order valence-electron chi connectivity index (χ2n) is 2.73. The minimum Gasteiger partial charge on any atom is -0.327 e. The van der Waals surface area contributed by atoms with Gasteiger partial charge in [0.1, 0.15) is 5.82 Å². The molecule has 0 aliphatic rings. The van der Waals surface area contributed by atoms with Gasteiger partial charge in [-0.05, 0) is 40.0 Å². The summed E-state index contributed by atoms with van der Waals surface area (Å²) in [5.41, 5.74) is 7.20. The van der Waals surface area contributed by atoms with Crippen LogP contribution in [0.2, 0.25) is 0 Å². The third-order valence-electron chi connectivity index (χ3n) is 1.77. The molecule has 2 N–H and O–H groups in total. The van der Waals surface area contributed by atoms with Crippen molar-refractivity contribution < 1.29 is 4.39 Å². The second-order valence-corrected chi connectivity index (χ2v) is 3.52. The van der Waals surface area contributed by atoms with Crippen LogP contribution in [0.15, 0.2) is 22.7 Å². The maximum absolute atomic E-state index is 13.1. The summed E-state index contributed by atoms with van der Waals surface area (Å²) >= 11 is 3.19. The molecule has 0 radical (unpaired) electrons. The summed E-state index contributed by atoms with van der Waals surface area (Å²) in [5.74, 6) is -0.248. The Kier molecular flexibility index (Phi) is 3.63. The normalized spacial score (nSPS) is 11.1. The van der Waals surface area contributed by atoms with Crippen molar-refractivity contribution in [2.45, 2.75) is 6.92 Å². The molecular weight excluding hydrogens is 233 g/mol. The van der Waals surface area contributed by atoms with E-state index < -0.39 is 0 Å². The molecular formula is C10H11BrFN. The fraction of sp³-hybridized carbons (Fsp3) is 0.200. The van der Waals surface area contributed by atoms with Crippen LogP contribution in [-0.4, -0.2) is 6.54 Å². The summed E-state index contributed by atoms with van der Waals surface area (Å²) in [4.78, 5) is 0. The maximum atomic E-state index is 13.1. The van der Waals surface area contributed by atoms with E-state index in [4.69, 9.17) is 5.73 Å². The molecule has 0 aliphatic heterocycles. The number of rotatable bonds is 2. The van der Waals surface area contributed by atoms with Crippen LogP contribution in [0.25, 0.3) is 6.08 Å². The van der Waals surface area contributed by atoms with Gasteiger partial charge in [0.05, 0.1) is 4.47 Å². The lowest BCUT2D eigenvalue weighted by atomic mass is 10.1. The summed E-state index contributed by atoms with van der Waals surface area (Å²) in [6, 6.07) is 3.19. The Morgan fingerprint density at radius 1 is 1.54 bits per heavy atom. The Labute approximate surface area is 85.6 Å². The SMILES string of the molecule is Cc1ccc(F)c(Br)c1/C=C/CN. The van der Waals surface area contributed by atoms with E-state index in [9.17, 15) is 4.39 Å². The minimum atomic E-state index is -0.248. The molecule has 0 bridgehead atoms. The molecule has 0 spiro atoms. The van der Waals surface area contributed by atoms with E-state index in [-0.39, 0.29) is 5.82 Å². The van der Waals surface area contributed by atoms with Gasteiger partial charge in [-0.1, -0.05) is 18.2 Å². The van der Waals surface area contributed by atoms with Gasteiger partial charge < -0.3 is 5.73 Å². The predicted octanol–water partition coefficient (Wildman–Crippen LogP) is 2.87. The van der Waals surface area contributed by atoms with Gasteiger partial charge in [-0.25, -0.2) is 4.39 Å². The maximum Gasteiger partial charge on any atom is 0.138 e. The summed E-state index contributed by atoms with van der Waals surface area (Å²) in [6.45, 7) is 2.39. The van der Waals surface area contributed by atoms with Crippen LogP contribution in [0.1, 0.15) is 11.1 Å². The fourth-order valence-electron chi connectivity index (χ4n) is 1.05. The van der Waals surface area contributed by atoms with Crippen molar-refractivity contribution in [2.24, 2.45) is 5.73 Å². The lowest BCUT2D eigenvalue weighted by molar-refractivity contribution is 0.620. The highest BCUT2D eigenvalue weighted by molar-refractivity contribution is 9.10. The van der Waals surface area contributed by atoms with Gasteiger partial charge in [0.15, 0.2) is 0 Å². The van der Waals surface area contributed by atoms with Crippen molar-refractivity contribution in [3.63, 3.8) is 0 Å². The van der Waals surface area contributed by atoms with Gasteiger partial charge in [-0.15, -0.1) is 0 Å². The van der Waals surface area contributed by atoms with E-state index in [0.29, 0.717) is 11.0 Å². The zero-order valence-corrected chi connectivity index (χ0v) is 8.94. The molecule has 0 amide bonds. The summed E-state index contributed by atoms with van der Waals surface area (Å²) in [5, 5.41) is 0. The minimum absolute atomic E-state index is 0.248. The van der Waals surface area contributed by atoms with Gasteiger partial charge in [0.25, 0.3) is 0 Å². The molecule has 0 saturated carbocycles. The molecule has 70 valence electrons. The molecule has 0 aromatic heterocycles. The van der Waals surface area contributed by atoms with E-state index >= 15 is 0 Å². The molecule has 0 heterocycles. The third kappa shape index (κ3) is 2.39. The highest BCUT2D eigenvalue weighted by Gasteiger charge is 2.05. The average Bonchev–Trinajstić information content (AvgIpc) is 2.12. The number of aryl methyl sites for hydroxylation is 1. The first-order valence-corrected chi connectivity index (χ1v) is 4.77.